The van der Waals surface area contributed by atoms with Gasteiger partial charge in [-0.1, -0.05) is 6.42 Å². The second kappa shape index (κ2) is 4.24. The normalized spacial score (nSPS) is 25.0. The first kappa shape index (κ1) is 9.39. The van der Waals surface area contributed by atoms with E-state index in [4.69, 9.17) is 5.11 Å². The zero-order valence-corrected chi connectivity index (χ0v) is 5.76. The van der Waals surface area contributed by atoms with Crippen molar-refractivity contribution in [3.8, 4) is 0 Å². The molecule has 0 saturated carbocycles. The van der Waals surface area contributed by atoms with Crippen LogP contribution in [0.1, 0.15) is 19.3 Å². The first-order chi connectivity index (χ1) is 4.30. The smallest absolute Gasteiger partial charge is 0.320 e. The lowest BCUT2D eigenvalue weighted by atomic mass is 10.1. The summed E-state index contributed by atoms with van der Waals surface area (Å²) in [6, 6.07) is -0.279. The van der Waals surface area contributed by atoms with Crippen LogP contribution in [-0.4, -0.2) is 29.1 Å². The third kappa shape index (κ3) is 2.33. The summed E-state index contributed by atoms with van der Waals surface area (Å²) in [5.41, 5.74) is 0. The van der Waals surface area contributed by atoms with Crippen molar-refractivity contribution in [3.05, 3.63) is 0 Å². The maximum Gasteiger partial charge on any atom is 0.320 e. The van der Waals surface area contributed by atoms with Gasteiger partial charge < -0.3 is 15.9 Å². The van der Waals surface area contributed by atoms with Crippen LogP contribution in [0.4, 0.5) is 0 Å². The molecule has 4 nitrogen and oxygen atoms in total. The number of nitrogens with one attached hydrogen (secondary N) is 1. The second-order valence-corrected chi connectivity index (χ2v) is 2.34. The molecule has 10 heavy (non-hydrogen) atoms. The molecule has 0 aliphatic carbocycles. The van der Waals surface area contributed by atoms with Crippen molar-refractivity contribution in [2.24, 2.45) is 0 Å². The molecule has 1 heterocycles. The Morgan fingerprint density at radius 3 is 2.50 bits per heavy atom. The SMILES string of the molecule is O.O=C(O)C1CCCCN1. The highest BCUT2D eigenvalue weighted by atomic mass is 16.4. The summed E-state index contributed by atoms with van der Waals surface area (Å²) in [7, 11) is 0. The van der Waals surface area contributed by atoms with Gasteiger partial charge in [-0.3, -0.25) is 4.79 Å². The van der Waals surface area contributed by atoms with Gasteiger partial charge >= 0.3 is 5.97 Å². The Hall–Kier alpha value is -0.610. The van der Waals surface area contributed by atoms with Crippen molar-refractivity contribution >= 4 is 5.97 Å². The van der Waals surface area contributed by atoms with Gasteiger partial charge in [0.05, 0.1) is 0 Å². The van der Waals surface area contributed by atoms with Crippen LogP contribution in [0, 0.1) is 0 Å². The monoisotopic (exact) mass is 147 g/mol. The van der Waals surface area contributed by atoms with E-state index < -0.39 is 5.97 Å². The van der Waals surface area contributed by atoms with Crippen LogP contribution in [-0.2, 0) is 4.79 Å². The van der Waals surface area contributed by atoms with Crippen LogP contribution in [0.3, 0.4) is 0 Å². The molecule has 0 aromatic rings. The van der Waals surface area contributed by atoms with E-state index in [1.165, 1.54) is 0 Å². The fraction of sp³-hybridized carbons (Fsp3) is 0.833. The summed E-state index contributed by atoms with van der Waals surface area (Å²) in [4.78, 5) is 10.3. The quantitative estimate of drug-likeness (QED) is 0.519. The Bertz CT molecular complexity index is 110. The van der Waals surface area contributed by atoms with E-state index >= 15 is 0 Å². The number of carbonyl (C=O) groups is 1. The minimum atomic E-state index is -0.713. The molecule has 4 heteroatoms. The maximum absolute atomic E-state index is 10.3. The van der Waals surface area contributed by atoms with Crippen LogP contribution in [0.5, 0.6) is 0 Å². The molecule has 0 aromatic heterocycles. The summed E-state index contributed by atoms with van der Waals surface area (Å²) in [5, 5.41) is 11.4. The number of hydrogen-bond acceptors (Lipinski definition) is 2. The Morgan fingerprint density at radius 2 is 2.20 bits per heavy atom. The molecule has 1 saturated heterocycles. The second-order valence-electron chi connectivity index (χ2n) is 2.34. The Morgan fingerprint density at radius 1 is 1.50 bits per heavy atom. The van der Waals surface area contributed by atoms with Crippen LogP contribution >= 0.6 is 0 Å². The summed E-state index contributed by atoms with van der Waals surface area (Å²) < 4.78 is 0. The molecule has 1 unspecified atom stereocenters. The topological polar surface area (TPSA) is 80.8 Å². The van der Waals surface area contributed by atoms with E-state index in [0.717, 1.165) is 25.8 Å². The van der Waals surface area contributed by atoms with Crippen LogP contribution in [0.25, 0.3) is 0 Å². The van der Waals surface area contributed by atoms with Gasteiger partial charge in [0, 0.05) is 0 Å². The van der Waals surface area contributed by atoms with E-state index in [2.05, 4.69) is 5.32 Å². The minimum Gasteiger partial charge on any atom is -0.480 e. The molecule has 4 N–H and O–H groups in total. The Balaban J connectivity index is 0.000000810. The fourth-order valence-corrected chi connectivity index (χ4v) is 1.06. The average Bonchev–Trinajstić information content (AvgIpc) is 1.90. The summed E-state index contributed by atoms with van der Waals surface area (Å²) in [5.74, 6) is -0.713. The molecule has 0 aromatic carbocycles. The Labute approximate surface area is 59.5 Å². The molecule has 0 amide bonds. The van der Waals surface area contributed by atoms with Crippen LogP contribution in [0.15, 0.2) is 0 Å². The van der Waals surface area contributed by atoms with Gasteiger partial charge in [-0.25, -0.2) is 0 Å². The zero-order valence-electron chi connectivity index (χ0n) is 5.76. The van der Waals surface area contributed by atoms with E-state index in [1.807, 2.05) is 0 Å². The van der Waals surface area contributed by atoms with E-state index in [1.54, 1.807) is 0 Å². The third-order valence-electron chi connectivity index (χ3n) is 1.61. The summed E-state index contributed by atoms with van der Waals surface area (Å²) >= 11 is 0. The lowest BCUT2D eigenvalue weighted by Gasteiger charge is -2.18. The number of rotatable bonds is 1. The van der Waals surface area contributed by atoms with Crippen molar-refractivity contribution in [1.29, 1.82) is 0 Å². The van der Waals surface area contributed by atoms with E-state index in [-0.39, 0.29) is 11.5 Å². The predicted molar refractivity (Wildman–Crippen MR) is 36.9 cm³/mol. The highest BCUT2D eigenvalue weighted by molar-refractivity contribution is 5.73. The highest BCUT2D eigenvalue weighted by Crippen LogP contribution is 2.05. The van der Waals surface area contributed by atoms with Gasteiger partial charge in [-0.15, -0.1) is 0 Å². The molecule has 60 valence electrons. The number of carboxylic acid groups (broad SMARTS) is 1. The first-order valence-electron chi connectivity index (χ1n) is 3.27. The van der Waals surface area contributed by atoms with Crippen LogP contribution < -0.4 is 5.32 Å². The molecule has 1 aliphatic heterocycles. The standard InChI is InChI=1S/C6H11NO2.H2O/c8-6(9)5-3-1-2-4-7-5;/h5,7H,1-4H2,(H,8,9);1H2. The molecular weight excluding hydrogens is 134 g/mol. The number of carboxylic acids is 1. The Kier molecular flexibility index (Phi) is 3.99. The maximum atomic E-state index is 10.3. The summed E-state index contributed by atoms with van der Waals surface area (Å²) in [6.07, 6.45) is 2.95. The van der Waals surface area contributed by atoms with Crippen molar-refractivity contribution < 1.29 is 15.4 Å². The van der Waals surface area contributed by atoms with E-state index in [9.17, 15) is 4.79 Å². The van der Waals surface area contributed by atoms with Gasteiger partial charge in [0.15, 0.2) is 0 Å². The molecule has 1 rings (SSSR count). The largest absolute Gasteiger partial charge is 0.480 e. The molecular formula is C6H13NO3. The average molecular weight is 147 g/mol. The number of piperidine rings is 1. The molecule has 1 fully saturated rings. The molecule has 1 atom stereocenters. The van der Waals surface area contributed by atoms with Gasteiger partial charge in [-0.05, 0) is 19.4 Å². The lowest BCUT2D eigenvalue weighted by Crippen LogP contribution is -2.40. The molecule has 1 aliphatic rings. The van der Waals surface area contributed by atoms with Crippen molar-refractivity contribution in [2.45, 2.75) is 25.3 Å². The first-order valence-corrected chi connectivity index (χ1v) is 3.27. The van der Waals surface area contributed by atoms with Gasteiger partial charge in [0.2, 0.25) is 0 Å². The van der Waals surface area contributed by atoms with Crippen molar-refractivity contribution in [2.75, 3.05) is 6.54 Å². The summed E-state index contributed by atoms with van der Waals surface area (Å²) in [6.45, 7) is 0.858. The third-order valence-corrected chi connectivity index (χ3v) is 1.61. The number of aliphatic carboxylic acids is 1. The molecule has 0 spiro atoms. The van der Waals surface area contributed by atoms with Crippen molar-refractivity contribution in [3.63, 3.8) is 0 Å². The minimum absolute atomic E-state index is 0. The number of hydrogen-bond donors (Lipinski definition) is 2. The molecule has 0 radical (unpaired) electrons. The van der Waals surface area contributed by atoms with Gasteiger partial charge in [0.25, 0.3) is 0 Å². The lowest BCUT2D eigenvalue weighted by molar-refractivity contribution is -0.140. The van der Waals surface area contributed by atoms with Crippen molar-refractivity contribution in [1.82, 2.24) is 5.32 Å². The highest BCUT2D eigenvalue weighted by Gasteiger charge is 2.18. The van der Waals surface area contributed by atoms with Crippen LogP contribution in [0.2, 0.25) is 0 Å². The van der Waals surface area contributed by atoms with E-state index in [0.29, 0.717) is 0 Å². The fourth-order valence-electron chi connectivity index (χ4n) is 1.06. The molecule has 0 bridgehead atoms. The van der Waals surface area contributed by atoms with Gasteiger partial charge in [0.1, 0.15) is 6.04 Å². The predicted octanol–water partition coefficient (Wildman–Crippen LogP) is -0.612. The van der Waals surface area contributed by atoms with Gasteiger partial charge in [-0.2, -0.15) is 0 Å². The zero-order chi connectivity index (χ0) is 6.69.